The SMILES string of the molecule is CCOP(O)(=S)OC[C@H]1O[C@@H](n2cnc3c(N)ncnc32)[C@@H](F)[C@@H]1OP(=O)(S)OCC1CC(c2ccnc(C(N)=O)c2)C1. The fourth-order valence-corrected chi connectivity index (χ4v) is 7.75. The highest BCUT2D eigenvalue weighted by Gasteiger charge is 2.51. The summed E-state index contributed by atoms with van der Waals surface area (Å²) in [6, 6.07) is 3.46. The Labute approximate surface area is 255 Å². The minimum atomic E-state index is -4.13. The Morgan fingerprint density at radius 1 is 1.26 bits per heavy atom. The molecule has 43 heavy (non-hydrogen) atoms. The van der Waals surface area contributed by atoms with Crippen LogP contribution in [0, 0.1) is 5.92 Å². The van der Waals surface area contributed by atoms with E-state index < -0.39 is 50.6 Å². The summed E-state index contributed by atoms with van der Waals surface area (Å²) in [5, 5.41) is 0. The molecule has 2 aliphatic rings. The first kappa shape index (κ1) is 32.3. The lowest BCUT2D eigenvalue weighted by molar-refractivity contribution is -0.0421. The van der Waals surface area contributed by atoms with Crippen LogP contribution >= 0.6 is 25.8 Å². The van der Waals surface area contributed by atoms with E-state index in [2.05, 4.69) is 32.2 Å². The summed E-state index contributed by atoms with van der Waals surface area (Å²) < 4.78 is 58.1. The van der Waals surface area contributed by atoms with Crippen molar-refractivity contribution in [2.75, 3.05) is 25.6 Å². The van der Waals surface area contributed by atoms with Crippen LogP contribution in [0.4, 0.5) is 10.2 Å². The number of nitrogen functional groups attached to an aromatic ring is 1. The fraction of sp³-hybridized carbons (Fsp3) is 0.522. The predicted octanol–water partition coefficient (Wildman–Crippen LogP) is 3.04. The monoisotopic (exact) mass is 677 g/mol. The standard InChI is InChI=1S/C23H30FN7O8P2S2/c1-2-35-40(33,42)37-9-16-19(17(24)23(38-16)31-11-30-18-20(25)28-10-29-22(18)31)39-41(34,43)36-8-12-5-14(6-12)13-3-4-27-15(7-13)21(26)32/h3-4,7,10-12,14,16-17,19,23H,2,5-6,8-9H2,1H3,(H2,26,32)(H,33,42)(H,34,43)(H2,25,28,29)/t12?,14?,16-,17+,19-,23-,40?,41?/m1/s1. The van der Waals surface area contributed by atoms with E-state index in [-0.39, 0.29) is 47.7 Å². The molecule has 4 heterocycles. The number of carbonyl (C=O) groups excluding carboxylic acids is 1. The molecule has 20 heteroatoms. The molecule has 1 saturated heterocycles. The predicted molar refractivity (Wildman–Crippen MR) is 158 cm³/mol. The van der Waals surface area contributed by atoms with Gasteiger partial charge in [-0.3, -0.25) is 18.9 Å². The second kappa shape index (κ2) is 13.1. The van der Waals surface area contributed by atoms with Gasteiger partial charge in [-0.25, -0.2) is 23.9 Å². The van der Waals surface area contributed by atoms with E-state index in [1.165, 1.54) is 23.4 Å². The first-order valence-corrected chi connectivity index (χ1v) is 18.4. The Kier molecular flexibility index (Phi) is 9.83. The van der Waals surface area contributed by atoms with Crippen molar-refractivity contribution in [2.45, 2.75) is 50.3 Å². The number of ether oxygens (including phenoxy) is 1. The van der Waals surface area contributed by atoms with Gasteiger partial charge >= 0.3 is 13.5 Å². The maximum absolute atomic E-state index is 16.0. The van der Waals surface area contributed by atoms with Crippen molar-refractivity contribution < 1.29 is 41.5 Å². The summed E-state index contributed by atoms with van der Waals surface area (Å²) in [5.74, 6) is -0.366. The molecule has 1 amide bonds. The van der Waals surface area contributed by atoms with Crippen molar-refractivity contribution in [1.29, 1.82) is 0 Å². The molecule has 0 spiro atoms. The van der Waals surface area contributed by atoms with Crippen LogP contribution in [-0.4, -0.2) is 73.5 Å². The van der Waals surface area contributed by atoms with Crippen LogP contribution in [0.25, 0.3) is 11.2 Å². The summed E-state index contributed by atoms with van der Waals surface area (Å²) >= 11 is 9.05. The number of pyridine rings is 1. The van der Waals surface area contributed by atoms with E-state index in [9.17, 15) is 14.3 Å². The van der Waals surface area contributed by atoms with Gasteiger partial charge in [0.25, 0.3) is 5.91 Å². The summed E-state index contributed by atoms with van der Waals surface area (Å²) in [7, 11) is 0. The Morgan fingerprint density at radius 2 is 2.02 bits per heavy atom. The summed E-state index contributed by atoms with van der Waals surface area (Å²) in [4.78, 5) is 37.7. The first-order chi connectivity index (χ1) is 20.4. The summed E-state index contributed by atoms with van der Waals surface area (Å²) in [6.45, 7) is -6.50. The number of anilines is 1. The second-order valence-corrected chi connectivity index (χ2v) is 15.7. The number of imidazole rings is 1. The lowest BCUT2D eigenvalue weighted by atomic mass is 9.72. The molecule has 0 bridgehead atoms. The van der Waals surface area contributed by atoms with Gasteiger partial charge in [0.05, 0.1) is 26.1 Å². The number of nitrogens with zero attached hydrogens (tertiary/aromatic N) is 5. The van der Waals surface area contributed by atoms with E-state index in [1.54, 1.807) is 13.0 Å². The van der Waals surface area contributed by atoms with E-state index >= 15 is 4.39 Å². The van der Waals surface area contributed by atoms with E-state index in [0.717, 1.165) is 5.56 Å². The molecule has 2 fully saturated rings. The highest BCUT2D eigenvalue weighted by molar-refractivity contribution is 8.44. The normalized spacial score (nSPS) is 28.3. The van der Waals surface area contributed by atoms with Gasteiger partial charge in [-0.05, 0) is 61.1 Å². The van der Waals surface area contributed by atoms with Crippen LogP contribution in [0.1, 0.15) is 48.0 Å². The number of nitrogens with two attached hydrogens (primary N) is 2. The number of hydrogen-bond acceptors (Lipinski definition) is 13. The van der Waals surface area contributed by atoms with Crippen molar-refractivity contribution in [3.8, 4) is 0 Å². The molecule has 5 N–H and O–H groups in total. The average molecular weight is 678 g/mol. The third-order valence-corrected chi connectivity index (χ3v) is 10.4. The Morgan fingerprint density at radius 3 is 2.74 bits per heavy atom. The molecule has 5 rings (SSSR count). The van der Waals surface area contributed by atoms with Crippen LogP contribution in [0.3, 0.4) is 0 Å². The molecule has 1 saturated carbocycles. The maximum Gasteiger partial charge on any atom is 0.386 e. The molecule has 234 valence electrons. The van der Waals surface area contributed by atoms with Gasteiger partial charge in [-0.2, -0.15) is 0 Å². The minimum absolute atomic E-state index is 0.0146. The number of hydrogen-bond donors (Lipinski definition) is 4. The number of amides is 1. The molecule has 1 aliphatic carbocycles. The fourth-order valence-electron chi connectivity index (χ4n) is 4.97. The molecule has 1 aliphatic heterocycles. The smallest absolute Gasteiger partial charge is 0.382 e. The van der Waals surface area contributed by atoms with Crippen LogP contribution in [0.15, 0.2) is 31.0 Å². The number of thiol groups is 1. The number of aromatic nitrogens is 5. The number of carbonyl (C=O) groups is 1. The number of fused-ring (bicyclic) bond motifs is 1. The van der Waals surface area contributed by atoms with Crippen molar-refractivity contribution >= 4 is 60.5 Å². The zero-order chi connectivity index (χ0) is 30.9. The van der Waals surface area contributed by atoms with E-state index in [1.807, 2.05) is 6.07 Å². The van der Waals surface area contributed by atoms with Crippen LogP contribution in [0.5, 0.6) is 0 Å². The Hall–Kier alpha value is -2.11. The topological polar surface area (TPSA) is 209 Å². The minimum Gasteiger partial charge on any atom is -0.382 e. The van der Waals surface area contributed by atoms with E-state index in [4.69, 9.17) is 46.1 Å². The van der Waals surface area contributed by atoms with Crippen molar-refractivity contribution in [1.82, 2.24) is 24.5 Å². The Balaban J connectivity index is 1.25. The molecule has 0 radical (unpaired) electrons. The van der Waals surface area contributed by atoms with Gasteiger partial charge in [0, 0.05) is 6.20 Å². The van der Waals surface area contributed by atoms with Gasteiger partial charge in [0.15, 0.2) is 23.9 Å². The van der Waals surface area contributed by atoms with Crippen LogP contribution < -0.4 is 11.5 Å². The maximum atomic E-state index is 16.0. The average Bonchev–Trinajstić information content (AvgIpc) is 3.48. The van der Waals surface area contributed by atoms with Gasteiger partial charge in [-0.15, -0.1) is 0 Å². The third kappa shape index (κ3) is 7.41. The van der Waals surface area contributed by atoms with Gasteiger partial charge in [0.1, 0.15) is 29.7 Å². The quantitative estimate of drug-likeness (QED) is 0.151. The number of rotatable bonds is 13. The zero-order valence-corrected chi connectivity index (χ0v) is 26.2. The first-order valence-electron chi connectivity index (χ1n) is 13.1. The number of halogens is 1. The number of alkyl halides is 1. The molecular formula is C23H30FN7O8P2S2. The van der Waals surface area contributed by atoms with Gasteiger partial charge < -0.3 is 34.7 Å². The molecule has 3 aromatic heterocycles. The second-order valence-electron chi connectivity index (χ2n) is 9.98. The molecule has 6 atom stereocenters. The van der Waals surface area contributed by atoms with Crippen LogP contribution in [-0.2, 0) is 39.2 Å². The van der Waals surface area contributed by atoms with Gasteiger partial charge in [-0.1, -0.05) is 12.2 Å². The van der Waals surface area contributed by atoms with Crippen LogP contribution in [0.2, 0.25) is 0 Å². The van der Waals surface area contributed by atoms with Crippen molar-refractivity contribution in [3.05, 3.63) is 42.2 Å². The third-order valence-electron chi connectivity index (χ3n) is 7.09. The lowest BCUT2D eigenvalue weighted by Crippen LogP contribution is -2.34. The van der Waals surface area contributed by atoms with E-state index in [0.29, 0.717) is 12.8 Å². The molecule has 2 unspecified atom stereocenters. The largest absolute Gasteiger partial charge is 0.386 e. The Bertz CT molecular complexity index is 1580. The zero-order valence-electron chi connectivity index (χ0n) is 22.7. The molecule has 15 nitrogen and oxygen atoms in total. The van der Waals surface area contributed by atoms with Gasteiger partial charge in [0.2, 0.25) is 0 Å². The van der Waals surface area contributed by atoms with Crippen molar-refractivity contribution in [3.63, 3.8) is 0 Å². The molecular weight excluding hydrogens is 647 g/mol. The highest BCUT2D eigenvalue weighted by Crippen LogP contribution is 2.58. The number of primary amides is 1. The summed E-state index contributed by atoms with van der Waals surface area (Å²) in [5.41, 5.74) is 12.7. The highest BCUT2D eigenvalue weighted by atomic mass is 32.7. The molecule has 3 aromatic rings. The van der Waals surface area contributed by atoms with Crippen molar-refractivity contribution in [2.24, 2.45) is 11.7 Å². The lowest BCUT2D eigenvalue weighted by Gasteiger charge is -2.36. The summed E-state index contributed by atoms with van der Waals surface area (Å²) in [6.07, 6.45) is -0.645. The molecule has 0 aromatic carbocycles.